The molecule has 0 saturated heterocycles. The van der Waals surface area contributed by atoms with Gasteiger partial charge in [0.15, 0.2) is 5.58 Å². The second-order valence-electron chi connectivity index (χ2n) is 6.88. The van der Waals surface area contributed by atoms with Crippen molar-refractivity contribution >= 4 is 40.2 Å². The third kappa shape index (κ3) is 5.31. The van der Waals surface area contributed by atoms with E-state index in [0.717, 1.165) is 12.1 Å². The van der Waals surface area contributed by atoms with Crippen LogP contribution in [-0.4, -0.2) is 34.4 Å². The second kappa shape index (κ2) is 9.47. The van der Waals surface area contributed by atoms with Gasteiger partial charge in [0, 0.05) is 30.6 Å². The zero-order chi connectivity index (χ0) is 23.5. The van der Waals surface area contributed by atoms with Crippen LogP contribution in [0.25, 0.3) is 11.1 Å². The van der Waals surface area contributed by atoms with E-state index in [-0.39, 0.29) is 30.8 Å². The first-order valence-electron chi connectivity index (χ1n) is 9.63. The fraction of sp³-hybridized carbons (Fsp3) is 0.286. The Morgan fingerprint density at radius 1 is 1.19 bits per heavy atom. The first-order chi connectivity index (χ1) is 15.1. The largest absolute Gasteiger partial charge is 0.419 e. The molecule has 0 aliphatic carbocycles. The zero-order valence-electron chi connectivity index (χ0n) is 16.9. The Balaban J connectivity index is 1.65. The number of fused-ring (bicyclic) bond motifs is 1. The molecule has 0 bridgehead atoms. The number of benzene rings is 2. The van der Waals surface area contributed by atoms with Crippen molar-refractivity contribution in [3.05, 3.63) is 63.6 Å². The SMILES string of the molecule is CCN(CC(=O)Nc1ccccc1C(F)(F)F)C(=O)CCn1c(=O)oc2cc(Cl)ccc21. The summed E-state index contributed by atoms with van der Waals surface area (Å²) in [5, 5.41) is 2.60. The molecule has 7 nitrogen and oxygen atoms in total. The number of alkyl halides is 3. The number of aromatic nitrogens is 1. The van der Waals surface area contributed by atoms with Crippen molar-refractivity contribution in [2.45, 2.75) is 26.1 Å². The van der Waals surface area contributed by atoms with E-state index in [1.807, 2.05) is 0 Å². The van der Waals surface area contributed by atoms with Gasteiger partial charge >= 0.3 is 11.9 Å². The maximum atomic E-state index is 13.1. The van der Waals surface area contributed by atoms with Crippen molar-refractivity contribution < 1.29 is 27.2 Å². The van der Waals surface area contributed by atoms with Crippen molar-refractivity contribution in [1.29, 1.82) is 0 Å². The maximum absolute atomic E-state index is 13.1. The molecule has 3 aromatic rings. The second-order valence-corrected chi connectivity index (χ2v) is 7.32. The Morgan fingerprint density at radius 2 is 1.91 bits per heavy atom. The molecule has 1 heterocycles. The van der Waals surface area contributed by atoms with Crippen LogP contribution in [-0.2, 0) is 22.3 Å². The minimum Gasteiger partial charge on any atom is -0.408 e. The highest BCUT2D eigenvalue weighted by atomic mass is 35.5. The summed E-state index contributed by atoms with van der Waals surface area (Å²) in [6, 6.07) is 9.25. The van der Waals surface area contributed by atoms with Crippen LogP contribution >= 0.6 is 11.6 Å². The number of rotatable bonds is 7. The summed E-state index contributed by atoms with van der Waals surface area (Å²) in [5.74, 6) is -1.86. The number of amides is 2. The average Bonchev–Trinajstić information content (AvgIpc) is 3.03. The van der Waals surface area contributed by atoms with Crippen LogP contribution in [0.5, 0.6) is 0 Å². The standard InChI is InChI=1S/C21H19ClF3N3O4/c1-2-27(12-18(29)26-15-6-4-3-5-14(15)21(23,24)25)19(30)9-10-28-16-8-7-13(22)11-17(16)32-20(28)31/h3-8,11H,2,9-10,12H2,1H3,(H,26,29). The number of likely N-dealkylation sites (N-methyl/N-ethyl adjacent to an activating group) is 1. The Kier molecular flexibility index (Phi) is 6.93. The highest BCUT2D eigenvalue weighted by Gasteiger charge is 2.33. The van der Waals surface area contributed by atoms with Gasteiger partial charge in [0.1, 0.15) is 0 Å². The third-order valence-corrected chi connectivity index (χ3v) is 4.99. The van der Waals surface area contributed by atoms with Crippen molar-refractivity contribution in [2.24, 2.45) is 0 Å². The molecule has 0 aliphatic rings. The molecule has 0 fully saturated rings. The molecule has 0 radical (unpaired) electrons. The predicted molar refractivity (Wildman–Crippen MR) is 112 cm³/mol. The third-order valence-electron chi connectivity index (χ3n) is 4.76. The molecule has 170 valence electrons. The molecule has 0 unspecified atom stereocenters. The first kappa shape index (κ1) is 23.4. The molecule has 11 heteroatoms. The number of para-hydroxylation sites is 1. The lowest BCUT2D eigenvalue weighted by Gasteiger charge is -2.21. The molecule has 1 aromatic heterocycles. The van der Waals surface area contributed by atoms with Crippen LogP contribution in [0.2, 0.25) is 5.02 Å². The van der Waals surface area contributed by atoms with Gasteiger partial charge in [0.05, 0.1) is 23.3 Å². The van der Waals surface area contributed by atoms with Crippen LogP contribution < -0.4 is 11.1 Å². The lowest BCUT2D eigenvalue weighted by atomic mass is 10.1. The van der Waals surface area contributed by atoms with E-state index in [0.29, 0.717) is 10.5 Å². The zero-order valence-corrected chi connectivity index (χ0v) is 17.7. The van der Waals surface area contributed by atoms with E-state index >= 15 is 0 Å². The molecule has 0 aliphatic heterocycles. The normalized spacial score (nSPS) is 11.5. The molecule has 2 amide bonds. The summed E-state index contributed by atoms with van der Waals surface area (Å²) >= 11 is 5.88. The van der Waals surface area contributed by atoms with Gasteiger partial charge in [-0.3, -0.25) is 14.2 Å². The number of anilines is 1. The first-order valence-corrected chi connectivity index (χ1v) is 10.0. The Morgan fingerprint density at radius 3 is 2.59 bits per heavy atom. The van der Waals surface area contributed by atoms with Crippen molar-refractivity contribution in [1.82, 2.24) is 9.47 Å². The van der Waals surface area contributed by atoms with Gasteiger partial charge in [-0.1, -0.05) is 23.7 Å². The van der Waals surface area contributed by atoms with Gasteiger partial charge in [0.25, 0.3) is 0 Å². The molecule has 3 rings (SSSR count). The number of carbonyl (C=O) groups is 2. The summed E-state index contributed by atoms with van der Waals surface area (Å²) in [5.41, 5.74) is -0.612. The van der Waals surface area contributed by atoms with Crippen LogP contribution in [0.4, 0.5) is 18.9 Å². The van der Waals surface area contributed by atoms with Crippen LogP contribution in [0, 0.1) is 0 Å². The van der Waals surface area contributed by atoms with Gasteiger partial charge in [-0.2, -0.15) is 13.2 Å². The molecular formula is C21H19ClF3N3O4. The molecule has 2 aromatic carbocycles. The molecule has 0 atom stereocenters. The minimum atomic E-state index is -4.63. The minimum absolute atomic E-state index is 0.00131. The lowest BCUT2D eigenvalue weighted by Crippen LogP contribution is -2.38. The van der Waals surface area contributed by atoms with Gasteiger partial charge < -0.3 is 14.6 Å². The Hall–Kier alpha value is -3.27. The number of halogens is 4. The van der Waals surface area contributed by atoms with E-state index in [4.69, 9.17) is 16.0 Å². The number of nitrogens with one attached hydrogen (secondary N) is 1. The Labute approximate surface area is 185 Å². The summed E-state index contributed by atoms with van der Waals surface area (Å²) in [7, 11) is 0. The molecule has 1 N–H and O–H groups in total. The highest BCUT2D eigenvalue weighted by Crippen LogP contribution is 2.34. The fourth-order valence-electron chi connectivity index (χ4n) is 3.20. The van der Waals surface area contributed by atoms with E-state index in [2.05, 4.69) is 5.32 Å². The van der Waals surface area contributed by atoms with Crippen molar-refractivity contribution in [3.8, 4) is 0 Å². The molecular weight excluding hydrogens is 451 g/mol. The van der Waals surface area contributed by atoms with Crippen molar-refractivity contribution in [3.63, 3.8) is 0 Å². The lowest BCUT2D eigenvalue weighted by molar-refractivity contribution is -0.137. The number of nitrogens with zero attached hydrogens (tertiary/aromatic N) is 2. The molecule has 0 spiro atoms. The maximum Gasteiger partial charge on any atom is 0.419 e. The summed E-state index contributed by atoms with van der Waals surface area (Å²) in [6.07, 6.45) is -4.74. The topological polar surface area (TPSA) is 84.5 Å². The van der Waals surface area contributed by atoms with Crippen molar-refractivity contribution in [2.75, 3.05) is 18.4 Å². The number of hydrogen-bond acceptors (Lipinski definition) is 4. The van der Waals surface area contributed by atoms with Gasteiger partial charge in [-0.25, -0.2) is 4.79 Å². The average molecular weight is 470 g/mol. The summed E-state index contributed by atoms with van der Waals surface area (Å²) in [6.45, 7) is 1.36. The predicted octanol–water partition coefficient (Wildman–Crippen LogP) is 4.14. The van der Waals surface area contributed by atoms with E-state index < -0.39 is 35.9 Å². The van der Waals surface area contributed by atoms with Gasteiger partial charge in [-0.15, -0.1) is 0 Å². The quantitative estimate of drug-likeness (QED) is 0.563. The molecule has 0 saturated carbocycles. The van der Waals surface area contributed by atoms with Gasteiger partial charge in [0.2, 0.25) is 11.8 Å². The van der Waals surface area contributed by atoms with Crippen LogP contribution in [0.1, 0.15) is 18.9 Å². The van der Waals surface area contributed by atoms with E-state index in [1.54, 1.807) is 19.1 Å². The molecule has 32 heavy (non-hydrogen) atoms. The summed E-state index contributed by atoms with van der Waals surface area (Å²) < 4.78 is 45.7. The smallest absolute Gasteiger partial charge is 0.408 e. The number of hydrogen-bond donors (Lipinski definition) is 1. The van der Waals surface area contributed by atoms with Crippen LogP contribution in [0.3, 0.4) is 0 Å². The van der Waals surface area contributed by atoms with E-state index in [9.17, 15) is 27.6 Å². The monoisotopic (exact) mass is 469 g/mol. The van der Waals surface area contributed by atoms with Crippen LogP contribution in [0.15, 0.2) is 51.7 Å². The number of oxazole rings is 1. The number of aryl methyl sites for hydroxylation is 1. The fourth-order valence-corrected chi connectivity index (χ4v) is 3.36. The summed E-state index contributed by atoms with van der Waals surface area (Å²) in [4.78, 5) is 38.1. The Bertz CT molecular complexity index is 1200. The number of carbonyl (C=O) groups excluding carboxylic acids is 2. The van der Waals surface area contributed by atoms with Gasteiger partial charge in [-0.05, 0) is 31.2 Å². The van der Waals surface area contributed by atoms with E-state index in [1.165, 1.54) is 27.7 Å². The highest BCUT2D eigenvalue weighted by molar-refractivity contribution is 6.31.